The van der Waals surface area contributed by atoms with Crippen LogP contribution in [0.1, 0.15) is 25.3 Å². The molecule has 0 aliphatic heterocycles. The fourth-order valence-electron chi connectivity index (χ4n) is 6.99. The topological polar surface area (TPSA) is 51.8 Å². The number of hydrogen-bond donors (Lipinski definition) is 0. The predicted octanol–water partition coefficient (Wildman–Crippen LogP) is 12.6. The zero-order chi connectivity index (χ0) is 34.1. The molecule has 0 amide bonds. The summed E-state index contributed by atoms with van der Waals surface area (Å²) in [5, 5.41) is 4.56. The summed E-state index contributed by atoms with van der Waals surface area (Å²) >= 11 is 0. The van der Waals surface area contributed by atoms with Crippen LogP contribution >= 0.6 is 0 Å². The molecule has 2 heterocycles. The Morgan fingerprint density at radius 2 is 1.06 bits per heavy atom. The molecule has 0 bridgehead atoms. The number of benzene rings is 7. The van der Waals surface area contributed by atoms with Crippen molar-refractivity contribution < 1.29 is 4.42 Å². The summed E-state index contributed by atoms with van der Waals surface area (Å²) in [6, 6.07) is 55.1. The quantitative estimate of drug-likeness (QED) is 0.163. The van der Waals surface area contributed by atoms with E-state index in [0.717, 1.165) is 61.7 Å². The van der Waals surface area contributed by atoms with Crippen LogP contribution in [0.4, 0.5) is 0 Å². The van der Waals surface area contributed by atoms with Gasteiger partial charge in [0, 0.05) is 27.5 Å². The van der Waals surface area contributed by atoms with Crippen LogP contribution in [0, 0.1) is 0 Å². The molecule has 9 rings (SSSR count). The molecule has 0 spiro atoms. The molecule has 51 heavy (non-hydrogen) atoms. The standard InChI is InChI=1S/C47H35N3O/c1-2-3-12-31-19-20-34-23-26-37(28-38(34)27-31)33-21-24-36(25-22-33)46-48-45(35-15-8-5-9-16-35)49-47(50-46)41-29-39(32-13-6-4-7-14-32)30-43-44(41)40-17-10-11-18-42(40)51-43/h4-11,13-30H,2-3,12H2,1H3. The molecule has 2 aromatic heterocycles. The Hall–Kier alpha value is -6.39. The molecule has 0 N–H and O–H groups in total. The maximum atomic E-state index is 6.44. The summed E-state index contributed by atoms with van der Waals surface area (Å²) in [6.07, 6.45) is 3.52. The van der Waals surface area contributed by atoms with Crippen molar-refractivity contribution in [2.75, 3.05) is 0 Å². The first-order valence-corrected chi connectivity index (χ1v) is 17.7. The van der Waals surface area contributed by atoms with Crippen molar-refractivity contribution in [3.8, 4) is 56.4 Å². The Kier molecular flexibility index (Phi) is 7.90. The lowest BCUT2D eigenvalue weighted by atomic mass is 9.97. The third-order valence-electron chi connectivity index (χ3n) is 9.69. The number of aromatic nitrogens is 3. The second-order valence-corrected chi connectivity index (χ2v) is 13.1. The van der Waals surface area contributed by atoms with Gasteiger partial charge in [0.15, 0.2) is 17.5 Å². The highest BCUT2D eigenvalue weighted by atomic mass is 16.3. The van der Waals surface area contributed by atoms with Gasteiger partial charge < -0.3 is 4.42 Å². The molecular weight excluding hydrogens is 623 g/mol. The van der Waals surface area contributed by atoms with E-state index in [-0.39, 0.29) is 0 Å². The molecule has 7 aromatic carbocycles. The van der Waals surface area contributed by atoms with E-state index < -0.39 is 0 Å². The Morgan fingerprint density at radius 3 is 1.82 bits per heavy atom. The first kappa shape index (κ1) is 30.7. The average molecular weight is 658 g/mol. The predicted molar refractivity (Wildman–Crippen MR) is 210 cm³/mol. The Labute approximate surface area is 297 Å². The van der Waals surface area contributed by atoms with Gasteiger partial charge in [-0.25, -0.2) is 15.0 Å². The Morgan fingerprint density at radius 1 is 0.451 bits per heavy atom. The number of unbranched alkanes of at least 4 members (excludes halogenated alkanes) is 1. The molecule has 0 aliphatic carbocycles. The van der Waals surface area contributed by atoms with Crippen molar-refractivity contribution in [1.29, 1.82) is 0 Å². The van der Waals surface area contributed by atoms with Crippen molar-refractivity contribution in [1.82, 2.24) is 15.0 Å². The van der Waals surface area contributed by atoms with Crippen LogP contribution in [0.5, 0.6) is 0 Å². The molecule has 0 unspecified atom stereocenters. The van der Waals surface area contributed by atoms with Crippen LogP contribution in [-0.2, 0) is 6.42 Å². The van der Waals surface area contributed by atoms with Crippen molar-refractivity contribution in [2.24, 2.45) is 0 Å². The minimum atomic E-state index is 0.602. The van der Waals surface area contributed by atoms with Gasteiger partial charge in [-0.2, -0.15) is 0 Å². The van der Waals surface area contributed by atoms with Crippen LogP contribution in [-0.4, -0.2) is 15.0 Å². The molecule has 0 aliphatic rings. The van der Waals surface area contributed by atoms with E-state index >= 15 is 0 Å². The van der Waals surface area contributed by atoms with Gasteiger partial charge in [0.05, 0.1) is 0 Å². The fraction of sp³-hybridized carbons (Fsp3) is 0.0851. The fourth-order valence-corrected chi connectivity index (χ4v) is 6.99. The van der Waals surface area contributed by atoms with Crippen LogP contribution in [0.15, 0.2) is 162 Å². The van der Waals surface area contributed by atoms with Gasteiger partial charge in [-0.05, 0) is 75.7 Å². The number of furan rings is 1. The smallest absolute Gasteiger partial charge is 0.164 e. The molecule has 0 fully saturated rings. The van der Waals surface area contributed by atoms with Crippen molar-refractivity contribution in [3.05, 3.63) is 163 Å². The Balaban J connectivity index is 1.18. The van der Waals surface area contributed by atoms with Gasteiger partial charge in [0.2, 0.25) is 0 Å². The lowest BCUT2D eigenvalue weighted by Crippen LogP contribution is -2.00. The van der Waals surface area contributed by atoms with E-state index in [2.05, 4.69) is 110 Å². The molecule has 9 aromatic rings. The van der Waals surface area contributed by atoms with E-state index in [1.807, 2.05) is 54.6 Å². The van der Waals surface area contributed by atoms with Gasteiger partial charge >= 0.3 is 0 Å². The van der Waals surface area contributed by atoms with E-state index in [0.29, 0.717) is 17.5 Å². The maximum absolute atomic E-state index is 6.44. The number of rotatable bonds is 8. The number of hydrogen-bond acceptors (Lipinski definition) is 4. The summed E-state index contributed by atoms with van der Waals surface area (Å²) in [5.74, 6) is 1.85. The molecule has 0 saturated carbocycles. The van der Waals surface area contributed by atoms with Crippen LogP contribution in [0.2, 0.25) is 0 Å². The number of nitrogens with zero attached hydrogens (tertiary/aromatic N) is 3. The maximum Gasteiger partial charge on any atom is 0.164 e. The van der Waals surface area contributed by atoms with Gasteiger partial charge in [0.1, 0.15) is 11.2 Å². The summed E-state index contributed by atoms with van der Waals surface area (Å²) < 4.78 is 6.44. The monoisotopic (exact) mass is 657 g/mol. The van der Waals surface area contributed by atoms with E-state index in [1.54, 1.807) is 0 Å². The number of para-hydroxylation sites is 1. The highest BCUT2D eigenvalue weighted by Gasteiger charge is 2.19. The molecule has 0 atom stereocenters. The largest absolute Gasteiger partial charge is 0.456 e. The molecule has 4 nitrogen and oxygen atoms in total. The second-order valence-electron chi connectivity index (χ2n) is 13.1. The van der Waals surface area contributed by atoms with Crippen LogP contribution in [0.25, 0.3) is 89.1 Å². The summed E-state index contributed by atoms with van der Waals surface area (Å²) in [5.41, 5.74) is 10.3. The summed E-state index contributed by atoms with van der Waals surface area (Å²) in [6.45, 7) is 2.24. The third kappa shape index (κ3) is 5.95. The molecule has 0 radical (unpaired) electrons. The first-order chi connectivity index (χ1) is 25.2. The molecule has 0 saturated heterocycles. The van der Waals surface area contributed by atoms with Crippen LogP contribution < -0.4 is 0 Å². The number of aryl methyl sites for hydroxylation is 1. The van der Waals surface area contributed by atoms with Gasteiger partial charge in [-0.15, -0.1) is 0 Å². The van der Waals surface area contributed by atoms with E-state index in [9.17, 15) is 0 Å². The van der Waals surface area contributed by atoms with E-state index in [4.69, 9.17) is 19.4 Å². The van der Waals surface area contributed by atoms with Crippen molar-refractivity contribution >= 4 is 32.7 Å². The van der Waals surface area contributed by atoms with Crippen LogP contribution in [0.3, 0.4) is 0 Å². The molecule has 4 heteroatoms. The Bertz CT molecular complexity index is 2660. The minimum absolute atomic E-state index is 0.602. The van der Waals surface area contributed by atoms with Gasteiger partial charge in [0.25, 0.3) is 0 Å². The molecular formula is C47H35N3O. The summed E-state index contributed by atoms with van der Waals surface area (Å²) in [4.78, 5) is 15.4. The van der Waals surface area contributed by atoms with Gasteiger partial charge in [-0.1, -0.05) is 147 Å². The lowest BCUT2D eigenvalue weighted by molar-refractivity contribution is 0.669. The zero-order valence-corrected chi connectivity index (χ0v) is 28.4. The summed E-state index contributed by atoms with van der Waals surface area (Å²) in [7, 11) is 0. The van der Waals surface area contributed by atoms with Gasteiger partial charge in [-0.3, -0.25) is 0 Å². The highest BCUT2D eigenvalue weighted by Crippen LogP contribution is 2.40. The lowest BCUT2D eigenvalue weighted by Gasteiger charge is -2.11. The highest BCUT2D eigenvalue weighted by molar-refractivity contribution is 6.13. The number of fused-ring (bicyclic) bond motifs is 4. The first-order valence-electron chi connectivity index (χ1n) is 17.7. The normalized spacial score (nSPS) is 11.5. The van der Waals surface area contributed by atoms with Crippen molar-refractivity contribution in [3.63, 3.8) is 0 Å². The third-order valence-corrected chi connectivity index (χ3v) is 9.69. The average Bonchev–Trinajstić information content (AvgIpc) is 3.58. The zero-order valence-electron chi connectivity index (χ0n) is 28.4. The van der Waals surface area contributed by atoms with Crippen molar-refractivity contribution in [2.45, 2.75) is 26.2 Å². The minimum Gasteiger partial charge on any atom is -0.456 e. The van der Waals surface area contributed by atoms with E-state index in [1.165, 1.54) is 34.7 Å². The second kappa shape index (κ2) is 13.1. The molecule has 244 valence electrons. The SMILES string of the molecule is CCCCc1ccc2ccc(-c3ccc(-c4nc(-c5ccccc5)nc(-c5cc(-c6ccccc6)cc6oc7ccccc7c56)n4)cc3)cc2c1.